The van der Waals surface area contributed by atoms with Crippen LogP contribution in [0.5, 0.6) is 0 Å². The lowest BCUT2D eigenvalue weighted by molar-refractivity contribution is -0.117. The Morgan fingerprint density at radius 2 is 1.68 bits per heavy atom. The van der Waals surface area contributed by atoms with Gasteiger partial charge < -0.3 is 10.2 Å². The van der Waals surface area contributed by atoms with Crippen LogP contribution in [0.1, 0.15) is 40.0 Å². The second kappa shape index (κ2) is 7.74. The molecule has 1 aromatic rings. The Kier molecular flexibility index (Phi) is 6.11. The van der Waals surface area contributed by atoms with E-state index in [0.717, 1.165) is 25.0 Å². The number of nitrogens with one attached hydrogen (secondary N) is 1. The first kappa shape index (κ1) is 19.7. The molecule has 7 heteroatoms. The molecule has 1 aliphatic heterocycles. The van der Waals surface area contributed by atoms with Crippen molar-refractivity contribution in [3.63, 3.8) is 0 Å². The number of anilines is 2. The largest absolute Gasteiger partial charge is 0.372 e. The normalized spacial score (nSPS) is 16.1. The van der Waals surface area contributed by atoms with Gasteiger partial charge in [0.15, 0.2) is 0 Å². The summed E-state index contributed by atoms with van der Waals surface area (Å²) in [5.41, 5.74) is 1.18. The summed E-state index contributed by atoms with van der Waals surface area (Å²) in [6.07, 6.45) is 4.84. The monoisotopic (exact) mass is 367 g/mol. The molecule has 0 bridgehead atoms. The van der Waals surface area contributed by atoms with Crippen LogP contribution in [0, 0.1) is 0 Å². The van der Waals surface area contributed by atoms with Crippen LogP contribution in [-0.2, 0) is 14.8 Å². The first-order valence-corrected chi connectivity index (χ1v) is 10.5. The lowest BCUT2D eigenvalue weighted by Gasteiger charge is -2.32. The molecule has 25 heavy (non-hydrogen) atoms. The average Bonchev–Trinajstić information content (AvgIpc) is 2.52. The minimum atomic E-state index is -3.47. The molecule has 1 N–H and O–H groups in total. The lowest BCUT2D eigenvalue weighted by Crippen LogP contribution is -2.48. The molecule has 0 atom stereocenters. The number of amides is 1. The summed E-state index contributed by atoms with van der Waals surface area (Å²) in [6.45, 7) is 7.26. The number of rotatable bonds is 5. The zero-order valence-corrected chi connectivity index (χ0v) is 16.4. The molecule has 2 rings (SSSR count). The number of hydrogen-bond donors (Lipinski definition) is 1. The Labute approximate surface area is 151 Å². The second-order valence-electron chi connectivity index (χ2n) is 7.58. The fourth-order valence-electron chi connectivity index (χ4n) is 3.09. The SMILES string of the molecule is CC(C)(C)N(CC(=O)Nc1ccc(N2CCCCC2)cc1)S(C)(=O)=O. The summed E-state index contributed by atoms with van der Waals surface area (Å²) in [4.78, 5) is 14.6. The van der Waals surface area contributed by atoms with Crippen molar-refractivity contribution in [2.24, 2.45) is 0 Å². The van der Waals surface area contributed by atoms with E-state index in [1.54, 1.807) is 20.8 Å². The maximum absolute atomic E-state index is 12.3. The number of nitrogens with zero attached hydrogens (tertiary/aromatic N) is 2. The number of carbonyl (C=O) groups excluding carboxylic acids is 1. The van der Waals surface area contributed by atoms with Crippen LogP contribution >= 0.6 is 0 Å². The summed E-state index contributed by atoms with van der Waals surface area (Å²) in [5, 5.41) is 2.78. The first-order valence-electron chi connectivity index (χ1n) is 8.70. The fourth-order valence-corrected chi connectivity index (χ4v) is 4.44. The third-order valence-electron chi connectivity index (χ3n) is 4.31. The minimum Gasteiger partial charge on any atom is -0.372 e. The summed E-state index contributed by atoms with van der Waals surface area (Å²) in [6, 6.07) is 7.73. The van der Waals surface area contributed by atoms with E-state index in [-0.39, 0.29) is 12.5 Å². The van der Waals surface area contributed by atoms with E-state index in [2.05, 4.69) is 10.2 Å². The van der Waals surface area contributed by atoms with E-state index in [0.29, 0.717) is 5.69 Å². The predicted octanol–water partition coefficient (Wildman–Crippen LogP) is 2.68. The number of sulfonamides is 1. The van der Waals surface area contributed by atoms with E-state index >= 15 is 0 Å². The van der Waals surface area contributed by atoms with Gasteiger partial charge in [-0.25, -0.2) is 8.42 Å². The molecule has 0 aromatic heterocycles. The fraction of sp³-hybridized carbons (Fsp3) is 0.611. The van der Waals surface area contributed by atoms with Gasteiger partial charge in [0.05, 0.1) is 12.8 Å². The van der Waals surface area contributed by atoms with Crippen LogP contribution in [0.15, 0.2) is 24.3 Å². The van der Waals surface area contributed by atoms with Crippen molar-refractivity contribution in [2.45, 2.75) is 45.6 Å². The maximum Gasteiger partial charge on any atom is 0.239 e. The van der Waals surface area contributed by atoms with Gasteiger partial charge in [0.25, 0.3) is 0 Å². The highest BCUT2D eigenvalue weighted by Gasteiger charge is 2.31. The van der Waals surface area contributed by atoms with Gasteiger partial charge in [0.2, 0.25) is 15.9 Å². The molecular formula is C18H29N3O3S. The lowest BCUT2D eigenvalue weighted by atomic mass is 10.1. The van der Waals surface area contributed by atoms with E-state index in [9.17, 15) is 13.2 Å². The zero-order valence-electron chi connectivity index (χ0n) is 15.6. The van der Waals surface area contributed by atoms with Crippen LogP contribution in [0.3, 0.4) is 0 Å². The molecule has 1 aromatic carbocycles. The summed E-state index contributed by atoms with van der Waals surface area (Å²) in [5.74, 6) is -0.342. The number of benzene rings is 1. The predicted molar refractivity (Wildman–Crippen MR) is 102 cm³/mol. The van der Waals surface area contributed by atoms with Gasteiger partial charge >= 0.3 is 0 Å². The van der Waals surface area contributed by atoms with E-state index in [1.165, 1.54) is 23.6 Å². The molecule has 1 fully saturated rings. The van der Waals surface area contributed by atoms with Crippen molar-refractivity contribution in [1.29, 1.82) is 0 Å². The third kappa shape index (κ3) is 5.71. The number of hydrogen-bond acceptors (Lipinski definition) is 4. The standard InChI is InChI=1S/C18H29N3O3S/c1-18(2,3)21(25(4,23)24)14-17(22)19-15-8-10-16(11-9-15)20-12-6-5-7-13-20/h8-11H,5-7,12-14H2,1-4H3,(H,19,22). The van der Waals surface area contributed by atoms with E-state index < -0.39 is 15.6 Å². The molecule has 1 amide bonds. The van der Waals surface area contributed by atoms with E-state index in [4.69, 9.17) is 0 Å². The first-order chi connectivity index (χ1) is 11.6. The van der Waals surface area contributed by atoms with Crippen molar-refractivity contribution in [2.75, 3.05) is 36.1 Å². The number of piperidine rings is 1. The van der Waals surface area contributed by atoms with Crippen molar-refractivity contribution in [1.82, 2.24) is 4.31 Å². The highest BCUT2D eigenvalue weighted by atomic mass is 32.2. The Balaban J connectivity index is 2.00. The van der Waals surface area contributed by atoms with Crippen molar-refractivity contribution >= 4 is 27.3 Å². The molecule has 140 valence electrons. The summed E-state index contributed by atoms with van der Waals surface area (Å²) in [7, 11) is -3.47. The minimum absolute atomic E-state index is 0.198. The molecule has 1 aliphatic rings. The topological polar surface area (TPSA) is 69.7 Å². The van der Waals surface area contributed by atoms with Crippen LogP contribution < -0.4 is 10.2 Å². The molecule has 0 unspecified atom stereocenters. The van der Waals surface area contributed by atoms with Gasteiger partial charge in [-0.05, 0) is 64.3 Å². The Morgan fingerprint density at radius 1 is 1.12 bits per heavy atom. The molecule has 0 aliphatic carbocycles. The molecule has 0 saturated carbocycles. The van der Waals surface area contributed by atoms with Crippen LogP contribution in [0.2, 0.25) is 0 Å². The van der Waals surface area contributed by atoms with E-state index in [1.807, 2.05) is 24.3 Å². The molecule has 1 heterocycles. The van der Waals surface area contributed by atoms with Gasteiger partial charge in [-0.15, -0.1) is 0 Å². The maximum atomic E-state index is 12.3. The third-order valence-corrected chi connectivity index (χ3v) is 5.79. The second-order valence-corrected chi connectivity index (χ2v) is 9.49. The summed E-state index contributed by atoms with van der Waals surface area (Å²) < 4.78 is 25.1. The highest BCUT2D eigenvalue weighted by Crippen LogP contribution is 2.22. The van der Waals surface area contributed by atoms with Crippen LogP contribution in [0.4, 0.5) is 11.4 Å². The van der Waals surface area contributed by atoms with Crippen molar-refractivity contribution in [3.8, 4) is 0 Å². The smallest absolute Gasteiger partial charge is 0.239 e. The quantitative estimate of drug-likeness (QED) is 0.869. The molecule has 1 saturated heterocycles. The van der Waals surface area contributed by atoms with Gasteiger partial charge in [0.1, 0.15) is 0 Å². The Bertz CT molecular complexity index is 687. The van der Waals surface area contributed by atoms with Crippen molar-refractivity contribution in [3.05, 3.63) is 24.3 Å². The molecule has 0 spiro atoms. The van der Waals surface area contributed by atoms with Gasteiger partial charge in [-0.3, -0.25) is 4.79 Å². The van der Waals surface area contributed by atoms with Crippen LogP contribution in [-0.4, -0.2) is 50.1 Å². The molecule has 6 nitrogen and oxygen atoms in total. The Morgan fingerprint density at radius 3 is 2.16 bits per heavy atom. The van der Waals surface area contributed by atoms with Gasteiger partial charge in [-0.1, -0.05) is 0 Å². The van der Waals surface area contributed by atoms with Gasteiger partial charge in [-0.2, -0.15) is 4.31 Å². The van der Waals surface area contributed by atoms with Crippen LogP contribution in [0.25, 0.3) is 0 Å². The summed E-state index contributed by atoms with van der Waals surface area (Å²) >= 11 is 0. The molecule has 0 radical (unpaired) electrons. The highest BCUT2D eigenvalue weighted by molar-refractivity contribution is 7.88. The average molecular weight is 368 g/mol. The molecular weight excluding hydrogens is 338 g/mol. The van der Waals surface area contributed by atoms with Gasteiger partial charge in [0, 0.05) is 30.0 Å². The Hall–Kier alpha value is -1.60. The zero-order chi connectivity index (χ0) is 18.7. The van der Waals surface area contributed by atoms with Crippen molar-refractivity contribution < 1.29 is 13.2 Å². The number of carbonyl (C=O) groups is 1.